The first-order valence-electron chi connectivity index (χ1n) is 5.56. The quantitative estimate of drug-likeness (QED) is 0.562. The number of rotatable bonds is 6. The molecule has 0 spiro atoms. The number of carbonyl (C=O) groups is 1. The van der Waals surface area contributed by atoms with Crippen molar-refractivity contribution in [2.24, 2.45) is 0 Å². The molecule has 1 amide bonds. The fourth-order valence-corrected chi connectivity index (χ4v) is 0.978. The molecule has 0 atom stereocenters. The van der Waals surface area contributed by atoms with Crippen LogP contribution < -0.4 is 5.32 Å². The van der Waals surface area contributed by atoms with Gasteiger partial charge in [-0.2, -0.15) is 0 Å². The Labute approximate surface area is 98.0 Å². The number of alkyl carbamates (subject to hydrolysis) is 1. The zero-order valence-electron chi connectivity index (χ0n) is 10.8. The molecular formula is C12H23NO3. The first-order valence-corrected chi connectivity index (χ1v) is 5.56. The third kappa shape index (κ3) is 10.9. The highest BCUT2D eigenvalue weighted by Crippen LogP contribution is 2.06. The minimum absolute atomic E-state index is 0.367. The maximum Gasteiger partial charge on any atom is 0.407 e. The van der Waals surface area contributed by atoms with Gasteiger partial charge in [-0.05, 0) is 40.5 Å². The van der Waals surface area contributed by atoms with E-state index >= 15 is 0 Å². The molecule has 0 rings (SSSR count). The third-order valence-electron chi connectivity index (χ3n) is 1.59. The summed E-state index contributed by atoms with van der Waals surface area (Å²) < 4.78 is 10.3. The van der Waals surface area contributed by atoms with E-state index in [1.165, 1.54) is 0 Å². The molecule has 0 radical (unpaired) electrons. The van der Waals surface area contributed by atoms with E-state index in [0.29, 0.717) is 13.2 Å². The zero-order valence-corrected chi connectivity index (χ0v) is 10.8. The number of hydrogen-bond acceptors (Lipinski definition) is 3. The molecule has 0 aromatic carbocycles. The van der Waals surface area contributed by atoms with Gasteiger partial charge in [0.2, 0.25) is 0 Å². The summed E-state index contributed by atoms with van der Waals surface area (Å²) in [5.74, 6) is 0.722. The predicted molar refractivity (Wildman–Crippen MR) is 64.2 cm³/mol. The van der Waals surface area contributed by atoms with E-state index < -0.39 is 5.60 Å². The molecule has 0 bridgehead atoms. The standard InChI is InChI=1S/C12H23NO3/c1-10(2)15-9-7-6-8-13-11(14)16-12(3,4)5/h1,6-9H2,2-5H3,(H,13,14). The summed E-state index contributed by atoms with van der Waals surface area (Å²) in [4.78, 5) is 11.2. The summed E-state index contributed by atoms with van der Waals surface area (Å²) in [7, 11) is 0. The lowest BCUT2D eigenvalue weighted by molar-refractivity contribution is 0.0525. The molecule has 0 aliphatic carbocycles. The predicted octanol–water partition coefficient (Wildman–Crippen LogP) is 2.84. The highest BCUT2D eigenvalue weighted by Gasteiger charge is 2.15. The van der Waals surface area contributed by atoms with Gasteiger partial charge >= 0.3 is 6.09 Å². The van der Waals surface area contributed by atoms with Gasteiger partial charge in [0.15, 0.2) is 0 Å². The smallest absolute Gasteiger partial charge is 0.407 e. The summed E-state index contributed by atoms with van der Waals surface area (Å²) in [6, 6.07) is 0. The van der Waals surface area contributed by atoms with Crippen LogP contribution in [0, 0.1) is 0 Å². The number of unbranched alkanes of at least 4 members (excludes halogenated alkanes) is 1. The first kappa shape index (κ1) is 14.8. The van der Waals surface area contributed by atoms with Gasteiger partial charge in [-0.15, -0.1) is 0 Å². The van der Waals surface area contributed by atoms with Gasteiger partial charge in [-0.25, -0.2) is 4.79 Å². The van der Waals surface area contributed by atoms with Crippen LogP contribution in [0.2, 0.25) is 0 Å². The van der Waals surface area contributed by atoms with Gasteiger partial charge in [-0.3, -0.25) is 0 Å². The van der Waals surface area contributed by atoms with Crippen molar-refractivity contribution in [2.75, 3.05) is 13.2 Å². The van der Waals surface area contributed by atoms with Gasteiger partial charge in [0, 0.05) is 6.54 Å². The Morgan fingerprint density at radius 1 is 1.31 bits per heavy atom. The number of amides is 1. The van der Waals surface area contributed by atoms with E-state index in [1.807, 2.05) is 27.7 Å². The fraction of sp³-hybridized carbons (Fsp3) is 0.750. The van der Waals surface area contributed by atoms with Crippen molar-refractivity contribution in [1.82, 2.24) is 5.32 Å². The third-order valence-corrected chi connectivity index (χ3v) is 1.59. The molecule has 0 saturated carbocycles. The average Bonchev–Trinajstić information content (AvgIpc) is 2.07. The van der Waals surface area contributed by atoms with Crippen LogP contribution in [0.3, 0.4) is 0 Å². The molecule has 0 fully saturated rings. The van der Waals surface area contributed by atoms with Crippen LogP contribution in [0.15, 0.2) is 12.3 Å². The second-order valence-corrected chi connectivity index (χ2v) is 4.69. The molecule has 1 N–H and O–H groups in total. The topological polar surface area (TPSA) is 47.6 Å². The highest BCUT2D eigenvalue weighted by atomic mass is 16.6. The van der Waals surface area contributed by atoms with Gasteiger partial charge in [0.1, 0.15) is 5.60 Å². The van der Waals surface area contributed by atoms with Crippen molar-refractivity contribution < 1.29 is 14.3 Å². The van der Waals surface area contributed by atoms with Crippen LogP contribution in [0.25, 0.3) is 0 Å². The second kappa shape index (κ2) is 7.14. The monoisotopic (exact) mass is 229 g/mol. The van der Waals surface area contributed by atoms with Crippen molar-refractivity contribution >= 4 is 6.09 Å². The first-order chi connectivity index (χ1) is 7.31. The van der Waals surface area contributed by atoms with Crippen molar-refractivity contribution in [1.29, 1.82) is 0 Å². The van der Waals surface area contributed by atoms with Crippen LogP contribution in [0.1, 0.15) is 40.5 Å². The maximum absolute atomic E-state index is 11.2. The Hall–Kier alpha value is -1.19. The summed E-state index contributed by atoms with van der Waals surface area (Å²) in [6.45, 7) is 12.2. The van der Waals surface area contributed by atoms with Crippen molar-refractivity contribution in [3.8, 4) is 0 Å². The number of hydrogen-bond donors (Lipinski definition) is 1. The van der Waals surface area contributed by atoms with Crippen LogP contribution in [0.4, 0.5) is 4.79 Å². The fourth-order valence-electron chi connectivity index (χ4n) is 0.978. The van der Waals surface area contributed by atoms with Crippen LogP contribution in [-0.4, -0.2) is 24.8 Å². The average molecular weight is 229 g/mol. The van der Waals surface area contributed by atoms with E-state index in [1.54, 1.807) is 0 Å². The molecule has 0 aliphatic rings. The van der Waals surface area contributed by atoms with Gasteiger partial charge < -0.3 is 14.8 Å². The van der Waals surface area contributed by atoms with Crippen molar-refractivity contribution in [2.45, 2.75) is 46.1 Å². The zero-order chi connectivity index (χ0) is 12.6. The summed E-state index contributed by atoms with van der Waals surface area (Å²) >= 11 is 0. The second-order valence-electron chi connectivity index (χ2n) is 4.69. The van der Waals surface area contributed by atoms with E-state index in [0.717, 1.165) is 18.6 Å². The number of nitrogens with one attached hydrogen (secondary N) is 1. The molecular weight excluding hydrogens is 206 g/mol. The minimum Gasteiger partial charge on any atom is -0.499 e. The molecule has 4 heteroatoms. The van der Waals surface area contributed by atoms with Crippen molar-refractivity contribution in [3.63, 3.8) is 0 Å². The lowest BCUT2D eigenvalue weighted by Gasteiger charge is -2.19. The Morgan fingerprint density at radius 2 is 1.94 bits per heavy atom. The molecule has 16 heavy (non-hydrogen) atoms. The molecule has 0 aromatic rings. The molecule has 0 aliphatic heterocycles. The molecule has 0 aromatic heterocycles. The number of carbonyl (C=O) groups excluding carboxylic acids is 1. The normalized spacial score (nSPS) is 10.8. The Balaban J connectivity index is 3.38. The summed E-state index contributed by atoms with van der Waals surface area (Å²) in [5, 5.41) is 2.69. The highest BCUT2D eigenvalue weighted by molar-refractivity contribution is 5.67. The molecule has 94 valence electrons. The molecule has 4 nitrogen and oxygen atoms in total. The Morgan fingerprint density at radius 3 is 2.44 bits per heavy atom. The summed E-state index contributed by atoms with van der Waals surface area (Å²) in [6.07, 6.45) is 1.39. The minimum atomic E-state index is -0.437. The molecule has 0 saturated heterocycles. The van der Waals surface area contributed by atoms with E-state index in [-0.39, 0.29) is 6.09 Å². The summed E-state index contributed by atoms with van der Waals surface area (Å²) in [5.41, 5.74) is -0.437. The largest absolute Gasteiger partial charge is 0.499 e. The molecule has 0 heterocycles. The maximum atomic E-state index is 11.2. The molecule has 0 unspecified atom stereocenters. The lowest BCUT2D eigenvalue weighted by Crippen LogP contribution is -2.33. The van der Waals surface area contributed by atoms with Crippen LogP contribution in [-0.2, 0) is 9.47 Å². The van der Waals surface area contributed by atoms with Gasteiger partial charge in [0.25, 0.3) is 0 Å². The lowest BCUT2D eigenvalue weighted by atomic mass is 10.2. The van der Waals surface area contributed by atoms with Gasteiger partial charge in [-0.1, -0.05) is 6.58 Å². The van der Waals surface area contributed by atoms with E-state index in [2.05, 4.69) is 11.9 Å². The number of ether oxygens (including phenoxy) is 2. The van der Waals surface area contributed by atoms with E-state index in [4.69, 9.17) is 9.47 Å². The SMILES string of the molecule is C=C(C)OCCCCNC(=O)OC(C)(C)C. The van der Waals surface area contributed by atoms with E-state index in [9.17, 15) is 4.79 Å². The Kier molecular flexibility index (Phi) is 6.61. The number of allylic oxidation sites excluding steroid dienone is 1. The van der Waals surface area contributed by atoms with Crippen LogP contribution in [0.5, 0.6) is 0 Å². The van der Waals surface area contributed by atoms with Crippen LogP contribution >= 0.6 is 0 Å². The Bertz CT molecular complexity index is 231. The van der Waals surface area contributed by atoms with Gasteiger partial charge in [0.05, 0.1) is 12.4 Å². The van der Waals surface area contributed by atoms with Crippen molar-refractivity contribution in [3.05, 3.63) is 12.3 Å².